The van der Waals surface area contributed by atoms with Crippen LogP contribution in [0.15, 0.2) is 41.5 Å². The SMILES string of the molecule is C/C(=N\NC(=O)c1ccc(F)cc1)c1cc(Cl)cc(Cl)c1O. The van der Waals surface area contributed by atoms with Gasteiger partial charge in [-0.05, 0) is 43.3 Å². The molecule has 0 bridgehead atoms. The molecule has 2 aromatic rings. The maximum absolute atomic E-state index is 12.8. The van der Waals surface area contributed by atoms with Gasteiger partial charge in [-0.2, -0.15) is 5.10 Å². The van der Waals surface area contributed by atoms with Gasteiger partial charge in [0, 0.05) is 16.1 Å². The van der Waals surface area contributed by atoms with Crippen LogP contribution in [0.3, 0.4) is 0 Å². The van der Waals surface area contributed by atoms with E-state index in [9.17, 15) is 14.3 Å². The van der Waals surface area contributed by atoms with Gasteiger partial charge in [-0.15, -0.1) is 0 Å². The first-order valence-electron chi connectivity index (χ1n) is 6.17. The number of nitrogens with one attached hydrogen (secondary N) is 1. The minimum Gasteiger partial charge on any atom is -0.506 e. The Balaban J connectivity index is 2.19. The molecule has 0 aromatic heterocycles. The number of benzene rings is 2. The molecule has 0 saturated heterocycles. The number of carbonyl (C=O) groups is 1. The molecule has 0 aliphatic carbocycles. The summed E-state index contributed by atoms with van der Waals surface area (Å²) in [7, 11) is 0. The Kier molecular flexibility index (Phi) is 5.00. The molecule has 0 aliphatic rings. The van der Waals surface area contributed by atoms with Gasteiger partial charge < -0.3 is 5.11 Å². The molecule has 0 heterocycles. The fraction of sp³-hybridized carbons (Fsp3) is 0.0667. The van der Waals surface area contributed by atoms with E-state index in [2.05, 4.69) is 10.5 Å². The van der Waals surface area contributed by atoms with Gasteiger partial charge in [-0.1, -0.05) is 23.2 Å². The van der Waals surface area contributed by atoms with Crippen LogP contribution in [0.2, 0.25) is 10.0 Å². The van der Waals surface area contributed by atoms with Crippen molar-refractivity contribution in [3.05, 3.63) is 63.4 Å². The Hall–Kier alpha value is -2.11. The lowest BCUT2D eigenvalue weighted by Gasteiger charge is -2.07. The van der Waals surface area contributed by atoms with Crippen LogP contribution in [-0.4, -0.2) is 16.7 Å². The van der Waals surface area contributed by atoms with Gasteiger partial charge in [0.05, 0.1) is 10.7 Å². The zero-order valence-corrected chi connectivity index (χ0v) is 12.9. The number of nitrogens with zero attached hydrogens (tertiary/aromatic N) is 1. The van der Waals surface area contributed by atoms with Crippen LogP contribution in [0.25, 0.3) is 0 Å². The maximum atomic E-state index is 12.8. The van der Waals surface area contributed by atoms with Crippen LogP contribution in [0.4, 0.5) is 4.39 Å². The van der Waals surface area contributed by atoms with Crippen molar-refractivity contribution in [2.45, 2.75) is 6.92 Å². The van der Waals surface area contributed by atoms with Crippen molar-refractivity contribution in [1.29, 1.82) is 0 Å². The molecule has 2 rings (SSSR count). The number of hydrazone groups is 1. The van der Waals surface area contributed by atoms with Crippen LogP contribution in [0.5, 0.6) is 5.75 Å². The summed E-state index contributed by atoms with van der Waals surface area (Å²) < 4.78 is 12.8. The molecular weight excluding hydrogens is 330 g/mol. The zero-order chi connectivity index (χ0) is 16.3. The van der Waals surface area contributed by atoms with Crippen molar-refractivity contribution in [1.82, 2.24) is 5.43 Å². The summed E-state index contributed by atoms with van der Waals surface area (Å²) in [5.74, 6) is -1.12. The van der Waals surface area contributed by atoms with Gasteiger partial charge in [0.1, 0.15) is 11.6 Å². The summed E-state index contributed by atoms with van der Waals surface area (Å²) in [6.07, 6.45) is 0. The highest BCUT2D eigenvalue weighted by molar-refractivity contribution is 6.36. The third-order valence-corrected chi connectivity index (χ3v) is 3.36. The topological polar surface area (TPSA) is 61.7 Å². The van der Waals surface area contributed by atoms with Gasteiger partial charge in [0.25, 0.3) is 5.91 Å². The molecular formula is C15H11Cl2FN2O2. The van der Waals surface area contributed by atoms with E-state index in [0.717, 1.165) is 0 Å². The second-order valence-corrected chi connectivity index (χ2v) is 5.27. The summed E-state index contributed by atoms with van der Waals surface area (Å²) in [4.78, 5) is 11.9. The molecule has 0 atom stereocenters. The van der Waals surface area contributed by atoms with E-state index in [-0.39, 0.29) is 16.3 Å². The second kappa shape index (κ2) is 6.77. The summed E-state index contributed by atoms with van der Waals surface area (Å²) in [6, 6.07) is 7.90. The number of hydrogen-bond donors (Lipinski definition) is 2. The highest BCUT2D eigenvalue weighted by Gasteiger charge is 2.11. The highest BCUT2D eigenvalue weighted by Crippen LogP contribution is 2.31. The normalized spacial score (nSPS) is 11.4. The standard InChI is InChI=1S/C15H11Cl2FN2O2/c1-8(12-6-10(16)7-13(17)14(12)21)19-20-15(22)9-2-4-11(18)5-3-9/h2-7,21H,1H3,(H,20,22)/b19-8+. The summed E-state index contributed by atoms with van der Waals surface area (Å²) in [6.45, 7) is 1.58. The number of phenolic OH excluding ortho intramolecular Hbond substituents is 1. The number of rotatable bonds is 3. The van der Waals surface area contributed by atoms with Crippen LogP contribution < -0.4 is 5.43 Å². The fourth-order valence-electron chi connectivity index (χ4n) is 1.70. The molecule has 0 aliphatic heterocycles. The average Bonchev–Trinajstić information content (AvgIpc) is 2.48. The molecule has 2 aromatic carbocycles. The first-order valence-corrected chi connectivity index (χ1v) is 6.92. The molecule has 0 radical (unpaired) electrons. The van der Waals surface area contributed by atoms with E-state index >= 15 is 0 Å². The number of amides is 1. The predicted octanol–water partition coefficient (Wildman–Crippen LogP) is 3.99. The van der Waals surface area contributed by atoms with Gasteiger partial charge >= 0.3 is 0 Å². The van der Waals surface area contributed by atoms with Gasteiger partial charge in [0.2, 0.25) is 0 Å². The smallest absolute Gasteiger partial charge is 0.271 e. The number of aromatic hydroxyl groups is 1. The Morgan fingerprint density at radius 3 is 2.50 bits per heavy atom. The molecule has 0 unspecified atom stereocenters. The molecule has 7 heteroatoms. The predicted molar refractivity (Wildman–Crippen MR) is 84.2 cm³/mol. The molecule has 1 amide bonds. The van der Waals surface area contributed by atoms with Crippen molar-refractivity contribution in [3.63, 3.8) is 0 Å². The van der Waals surface area contributed by atoms with Gasteiger partial charge in [-0.25, -0.2) is 9.82 Å². The van der Waals surface area contributed by atoms with E-state index < -0.39 is 11.7 Å². The van der Waals surface area contributed by atoms with Crippen LogP contribution in [0, 0.1) is 5.82 Å². The van der Waals surface area contributed by atoms with Crippen LogP contribution in [0.1, 0.15) is 22.8 Å². The van der Waals surface area contributed by atoms with E-state index in [4.69, 9.17) is 23.2 Å². The molecule has 2 N–H and O–H groups in total. The average molecular weight is 341 g/mol. The summed E-state index contributed by atoms with van der Waals surface area (Å²) in [5, 5.41) is 14.2. The Bertz CT molecular complexity index is 746. The Morgan fingerprint density at radius 2 is 1.86 bits per heavy atom. The van der Waals surface area contributed by atoms with Crippen molar-refractivity contribution in [3.8, 4) is 5.75 Å². The number of carbonyl (C=O) groups excluding carboxylic acids is 1. The monoisotopic (exact) mass is 340 g/mol. The molecule has 0 saturated carbocycles. The number of hydrogen-bond acceptors (Lipinski definition) is 3. The quantitative estimate of drug-likeness (QED) is 0.655. The van der Waals surface area contributed by atoms with Crippen molar-refractivity contribution in [2.75, 3.05) is 0 Å². The third kappa shape index (κ3) is 3.75. The fourth-order valence-corrected chi connectivity index (χ4v) is 2.20. The van der Waals surface area contributed by atoms with Crippen molar-refractivity contribution in [2.24, 2.45) is 5.10 Å². The molecule has 22 heavy (non-hydrogen) atoms. The summed E-state index contributed by atoms with van der Waals surface area (Å²) >= 11 is 11.7. The first kappa shape index (κ1) is 16.3. The highest BCUT2D eigenvalue weighted by atomic mass is 35.5. The van der Waals surface area contributed by atoms with E-state index in [0.29, 0.717) is 16.3 Å². The van der Waals surface area contributed by atoms with E-state index in [1.165, 1.54) is 36.4 Å². The zero-order valence-electron chi connectivity index (χ0n) is 11.4. The molecule has 4 nitrogen and oxygen atoms in total. The second-order valence-electron chi connectivity index (χ2n) is 4.43. The third-order valence-electron chi connectivity index (χ3n) is 2.85. The van der Waals surface area contributed by atoms with E-state index in [1.807, 2.05) is 0 Å². The van der Waals surface area contributed by atoms with Crippen molar-refractivity contribution < 1.29 is 14.3 Å². The maximum Gasteiger partial charge on any atom is 0.271 e. The summed E-state index contributed by atoms with van der Waals surface area (Å²) in [5.41, 5.74) is 3.19. The Labute approximate surface area is 136 Å². The van der Waals surface area contributed by atoms with Gasteiger partial charge in [0.15, 0.2) is 0 Å². The van der Waals surface area contributed by atoms with Crippen molar-refractivity contribution >= 4 is 34.8 Å². The molecule has 114 valence electrons. The van der Waals surface area contributed by atoms with E-state index in [1.54, 1.807) is 6.92 Å². The first-order chi connectivity index (χ1) is 10.4. The molecule has 0 fully saturated rings. The lowest BCUT2D eigenvalue weighted by atomic mass is 10.1. The minimum atomic E-state index is -0.507. The molecule has 0 spiro atoms. The lowest BCUT2D eigenvalue weighted by molar-refractivity contribution is 0.0955. The minimum absolute atomic E-state index is 0.0851. The number of halogens is 3. The lowest BCUT2D eigenvalue weighted by Crippen LogP contribution is -2.19. The van der Waals surface area contributed by atoms with Crippen LogP contribution >= 0.6 is 23.2 Å². The van der Waals surface area contributed by atoms with Crippen LogP contribution in [-0.2, 0) is 0 Å². The number of phenols is 1. The Morgan fingerprint density at radius 1 is 1.23 bits per heavy atom. The largest absolute Gasteiger partial charge is 0.506 e. The van der Waals surface area contributed by atoms with Gasteiger partial charge in [-0.3, -0.25) is 4.79 Å².